The molecule has 80 valence electrons. The molecule has 0 aromatic carbocycles. The molecule has 0 saturated carbocycles. The summed E-state index contributed by atoms with van der Waals surface area (Å²) in [5, 5.41) is 0. The number of ether oxygens (including phenoxy) is 1. The highest BCUT2D eigenvalue weighted by Crippen LogP contribution is 2.50. The second-order valence-corrected chi connectivity index (χ2v) is 6.16. The van der Waals surface area contributed by atoms with Gasteiger partial charge in [-0.3, -0.25) is 0 Å². The highest BCUT2D eigenvalue weighted by Gasteiger charge is 2.51. The minimum absolute atomic E-state index is 0.360. The number of rotatable bonds is 1. The normalized spacial score (nSPS) is 41.3. The fourth-order valence-electron chi connectivity index (χ4n) is 3.20. The smallest absolute Gasteiger partial charge is 0.0801 e. The molecule has 14 heavy (non-hydrogen) atoms. The van der Waals surface area contributed by atoms with Gasteiger partial charge in [0.25, 0.3) is 0 Å². The van der Waals surface area contributed by atoms with E-state index in [1.807, 2.05) is 0 Å². The van der Waals surface area contributed by atoms with Gasteiger partial charge in [0.2, 0.25) is 0 Å². The van der Waals surface area contributed by atoms with Crippen molar-refractivity contribution < 1.29 is 4.74 Å². The van der Waals surface area contributed by atoms with Crippen LogP contribution in [0.25, 0.3) is 0 Å². The van der Waals surface area contributed by atoms with Crippen molar-refractivity contribution in [1.29, 1.82) is 0 Å². The fourth-order valence-corrected chi connectivity index (χ4v) is 3.20. The summed E-state index contributed by atoms with van der Waals surface area (Å²) in [6.45, 7) is 11.7. The van der Waals surface area contributed by atoms with Crippen LogP contribution >= 0.6 is 0 Å². The predicted molar refractivity (Wildman–Crippen MR) is 59.1 cm³/mol. The Balaban J connectivity index is 2.27. The molecule has 1 fully saturated rings. The van der Waals surface area contributed by atoms with Crippen LogP contribution < -0.4 is 0 Å². The zero-order valence-electron chi connectivity index (χ0n) is 9.95. The monoisotopic (exact) mass is 194 g/mol. The lowest BCUT2D eigenvalue weighted by molar-refractivity contribution is 0.0850. The number of hydrogen-bond acceptors (Lipinski definition) is 1. The van der Waals surface area contributed by atoms with Gasteiger partial charge < -0.3 is 4.74 Å². The van der Waals surface area contributed by atoms with Gasteiger partial charge in [0, 0.05) is 0 Å². The lowest BCUT2D eigenvalue weighted by Gasteiger charge is -2.37. The van der Waals surface area contributed by atoms with Crippen LogP contribution in [-0.4, -0.2) is 12.2 Å². The molecule has 0 spiro atoms. The summed E-state index contributed by atoms with van der Waals surface area (Å²) >= 11 is 0. The van der Waals surface area contributed by atoms with Crippen molar-refractivity contribution in [2.24, 2.45) is 23.2 Å². The maximum absolute atomic E-state index is 5.97. The summed E-state index contributed by atoms with van der Waals surface area (Å²) in [7, 11) is 0. The molecule has 0 N–H and O–H groups in total. The van der Waals surface area contributed by atoms with Crippen molar-refractivity contribution in [2.45, 2.75) is 46.8 Å². The first-order valence-electron chi connectivity index (χ1n) is 5.75. The van der Waals surface area contributed by atoms with Gasteiger partial charge >= 0.3 is 0 Å². The maximum atomic E-state index is 5.97. The minimum atomic E-state index is 0.360. The highest BCUT2D eigenvalue weighted by molar-refractivity contribution is 5.16. The molecule has 1 saturated heterocycles. The Labute approximate surface area is 87.5 Å². The van der Waals surface area contributed by atoms with Crippen LogP contribution in [0.5, 0.6) is 0 Å². The van der Waals surface area contributed by atoms with E-state index in [4.69, 9.17) is 4.74 Å². The first kappa shape index (κ1) is 10.2. The van der Waals surface area contributed by atoms with E-state index >= 15 is 0 Å². The van der Waals surface area contributed by atoms with E-state index in [1.54, 1.807) is 0 Å². The molecule has 2 rings (SSSR count). The minimum Gasteiger partial charge on any atom is -0.366 e. The highest BCUT2D eigenvalue weighted by atomic mass is 16.5. The Morgan fingerprint density at radius 2 is 1.64 bits per heavy atom. The van der Waals surface area contributed by atoms with Crippen LogP contribution in [0.15, 0.2) is 12.2 Å². The van der Waals surface area contributed by atoms with E-state index in [-0.39, 0.29) is 0 Å². The molecular formula is C13H22O. The van der Waals surface area contributed by atoms with Gasteiger partial charge in [0.05, 0.1) is 12.2 Å². The molecule has 0 radical (unpaired) electrons. The molecule has 2 aliphatic rings. The first-order valence-corrected chi connectivity index (χ1v) is 5.75. The largest absolute Gasteiger partial charge is 0.366 e. The second kappa shape index (κ2) is 3.10. The first-order chi connectivity index (χ1) is 6.41. The summed E-state index contributed by atoms with van der Waals surface area (Å²) < 4.78 is 5.97. The third kappa shape index (κ3) is 1.42. The fraction of sp³-hybridized carbons (Fsp3) is 0.846. The Kier molecular flexibility index (Phi) is 2.26. The average Bonchev–Trinajstić information content (AvgIpc) is 2.58. The van der Waals surface area contributed by atoms with Crippen molar-refractivity contribution in [3.8, 4) is 0 Å². The van der Waals surface area contributed by atoms with Gasteiger partial charge in [0.15, 0.2) is 0 Å². The maximum Gasteiger partial charge on any atom is 0.0801 e. The summed E-state index contributed by atoms with van der Waals surface area (Å²) in [5.41, 5.74) is 0.360. The molecule has 2 aliphatic heterocycles. The van der Waals surface area contributed by atoms with Crippen molar-refractivity contribution in [2.75, 3.05) is 0 Å². The Morgan fingerprint density at radius 1 is 1.07 bits per heavy atom. The average molecular weight is 194 g/mol. The van der Waals surface area contributed by atoms with Crippen LogP contribution in [0.4, 0.5) is 0 Å². The zero-order valence-corrected chi connectivity index (χ0v) is 9.95. The van der Waals surface area contributed by atoms with Gasteiger partial charge in [-0.2, -0.15) is 0 Å². The molecule has 2 heterocycles. The van der Waals surface area contributed by atoms with Crippen molar-refractivity contribution in [3.05, 3.63) is 12.2 Å². The summed E-state index contributed by atoms with van der Waals surface area (Å²) in [5.74, 6) is 2.13. The van der Waals surface area contributed by atoms with Gasteiger partial charge in [-0.1, -0.05) is 46.8 Å². The Morgan fingerprint density at radius 3 is 2.07 bits per heavy atom. The third-order valence-electron chi connectivity index (χ3n) is 3.72. The molecule has 1 heteroatoms. The standard InChI is InChI=1S/C13H22O/c1-8(2)11-9-6-7-10(14-9)12(11)13(3,4)5/h6-12H,1-5H3. The predicted octanol–water partition coefficient (Wildman–Crippen LogP) is 3.26. The molecule has 2 bridgehead atoms. The molecule has 0 aliphatic carbocycles. The molecular weight excluding hydrogens is 172 g/mol. The van der Waals surface area contributed by atoms with E-state index in [0.29, 0.717) is 29.5 Å². The molecule has 0 amide bonds. The van der Waals surface area contributed by atoms with Crippen molar-refractivity contribution >= 4 is 0 Å². The van der Waals surface area contributed by atoms with E-state index in [1.165, 1.54) is 0 Å². The summed E-state index contributed by atoms with van der Waals surface area (Å²) in [4.78, 5) is 0. The molecule has 0 aromatic rings. The van der Waals surface area contributed by atoms with Crippen LogP contribution in [0.2, 0.25) is 0 Å². The summed E-state index contributed by atoms with van der Waals surface area (Å²) in [6.07, 6.45) is 5.30. The molecule has 4 atom stereocenters. The van der Waals surface area contributed by atoms with Crippen LogP contribution in [0.3, 0.4) is 0 Å². The van der Waals surface area contributed by atoms with Gasteiger partial charge in [-0.15, -0.1) is 0 Å². The van der Waals surface area contributed by atoms with E-state index in [2.05, 4.69) is 46.8 Å². The number of fused-ring (bicyclic) bond motifs is 2. The second-order valence-electron chi connectivity index (χ2n) is 6.16. The summed E-state index contributed by atoms with van der Waals surface area (Å²) in [6, 6.07) is 0. The van der Waals surface area contributed by atoms with E-state index < -0.39 is 0 Å². The van der Waals surface area contributed by atoms with Crippen LogP contribution in [0, 0.1) is 23.2 Å². The topological polar surface area (TPSA) is 9.23 Å². The van der Waals surface area contributed by atoms with Gasteiger partial charge in [0.1, 0.15) is 0 Å². The number of hydrogen-bond donors (Lipinski definition) is 0. The third-order valence-corrected chi connectivity index (χ3v) is 3.72. The quantitative estimate of drug-likeness (QED) is 0.582. The molecule has 1 nitrogen and oxygen atoms in total. The SMILES string of the molecule is CC(C)C1C2C=CC(O2)C1C(C)(C)C. The molecule has 4 unspecified atom stereocenters. The lowest BCUT2D eigenvalue weighted by atomic mass is 9.65. The van der Waals surface area contributed by atoms with Crippen molar-refractivity contribution in [3.63, 3.8) is 0 Å². The lowest BCUT2D eigenvalue weighted by Crippen LogP contribution is -2.37. The zero-order chi connectivity index (χ0) is 10.5. The van der Waals surface area contributed by atoms with Crippen molar-refractivity contribution in [1.82, 2.24) is 0 Å². The van der Waals surface area contributed by atoms with Gasteiger partial charge in [-0.05, 0) is 23.2 Å². The van der Waals surface area contributed by atoms with Crippen LogP contribution in [0.1, 0.15) is 34.6 Å². The van der Waals surface area contributed by atoms with Gasteiger partial charge in [-0.25, -0.2) is 0 Å². The Hall–Kier alpha value is -0.300. The Bertz CT molecular complexity index is 246. The van der Waals surface area contributed by atoms with Crippen LogP contribution in [-0.2, 0) is 4.74 Å². The molecule has 0 aromatic heterocycles. The van der Waals surface area contributed by atoms with E-state index in [0.717, 1.165) is 5.92 Å². The van der Waals surface area contributed by atoms with E-state index in [9.17, 15) is 0 Å².